The molecule has 2 aliphatic rings. The van der Waals surface area contributed by atoms with E-state index in [0.717, 1.165) is 48.6 Å². The van der Waals surface area contributed by atoms with Crippen molar-refractivity contribution in [2.24, 2.45) is 0 Å². The van der Waals surface area contributed by atoms with Gasteiger partial charge in [-0.15, -0.1) is 0 Å². The lowest BCUT2D eigenvalue weighted by atomic mass is 10.1. The minimum atomic E-state index is -0.220. The zero-order valence-electron chi connectivity index (χ0n) is 17.7. The molecule has 0 aliphatic carbocycles. The number of anilines is 1. The number of carbonyl (C=O) groups excluding carboxylic acids is 1. The quantitative estimate of drug-likeness (QED) is 0.652. The number of fused-ring (bicyclic) bond motifs is 4. The summed E-state index contributed by atoms with van der Waals surface area (Å²) in [6.07, 6.45) is 4.64. The molecule has 3 aromatic heterocycles. The maximum atomic E-state index is 12.3. The Bertz CT molecular complexity index is 1200. The van der Waals surface area contributed by atoms with Crippen molar-refractivity contribution in [1.29, 1.82) is 0 Å². The van der Waals surface area contributed by atoms with Gasteiger partial charge in [0.05, 0.1) is 6.04 Å². The van der Waals surface area contributed by atoms with Crippen molar-refractivity contribution in [2.75, 3.05) is 38.2 Å². The van der Waals surface area contributed by atoms with Crippen molar-refractivity contribution in [3.63, 3.8) is 0 Å². The highest BCUT2D eigenvalue weighted by molar-refractivity contribution is 5.92. The van der Waals surface area contributed by atoms with Crippen molar-refractivity contribution < 1.29 is 9.53 Å². The number of hydrogen-bond donors (Lipinski definition) is 2. The summed E-state index contributed by atoms with van der Waals surface area (Å²) >= 11 is 0. The zero-order valence-corrected chi connectivity index (χ0v) is 17.7. The Morgan fingerprint density at radius 3 is 2.97 bits per heavy atom. The number of amides is 1. The number of aromatic amines is 1. The monoisotopic (exact) mass is 422 g/mol. The smallest absolute Gasteiger partial charge is 0.269 e. The molecule has 2 N–H and O–H groups in total. The van der Waals surface area contributed by atoms with Gasteiger partial charge in [0.1, 0.15) is 23.6 Å². The van der Waals surface area contributed by atoms with Crippen LogP contribution < -0.4 is 20.5 Å². The lowest BCUT2D eigenvalue weighted by Gasteiger charge is -2.45. The lowest BCUT2D eigenvalue weighted by Crippen LogP contribution is -2.57. The van der Waals surface area contributed by atoms with Crippen LogP contribution in [0.4, 0.5) is 5.69 Å². The van der Waals surface area contributed by atoms with Gasteiger partial charge in [0.25, 0.3) is 11.5 Å². The topological polar surface area (TPSA) is 95.0 Å². The summed E-state index contributed by atoms with van der Waals surface area (Å²) in [5.41, 5.74) is 4.05. The fraction of sp³-hybridized carbons (Fsp3) is 0.409. The molecule has 0 saturated carbocycles. The molecule has 9 heteroatoms. The summed E-state index contributed by atoms with van der Waals surface area (Å²) in [5.74, 6) is 0.302. The summed E-state index contributed by atoms with van der Waals surface area (Å²) in [6, 6.07) is 5.96. The predicted molar refractivity (Wildman–Crippen MR) is 117 cm³/mol. The number of piperazine rings is 1. The van der Waals surface area contributed by atoms with Crippen molar-refractivity contribution in [3.05, 3.63) is 57.8 Å². The Morgan fingerprint density at radius 2 is 2.16 bits per heavy atom. The normalized spacial score (nSPS) is 18.4. The number of aryl methyl sites for hydroxylation is 1. The van der Waals surface area contributed by atoms with Gasteiger partial charge in [0, 0.05) is 56.7 Å². The van der Waals surface area contributed by atoms with Gasteiger partial charge >= 0.3 is 0 Å². The van der Waals surface area contributed by atoms with Crippen molar-refractivity contribution in [2.45, 2.75) is 25.9 Å². The zero-order chi connectivity index (χ0) is 21.5. The van der Waals surface area contributed by atoms with Gasteiger partial charge in [-0.25, -0.2) is 4.98 Å². The Morgan fingerprint density at radius 1 is 1.29 bits per heavy atom. The molecule has 0 aromatic carbocycles. The van der Waals surface area contributed by atoms with Crippen LogP contribution in [0.3, 0.4) is 0 Å². The first-order valence-electron chi connectivity index (χ1n) is 10.6. The number of carbonyl (C=O) groups is 1. The number of rotatable bonds is 4. The van der Waals surface area contributed by atoms with Crippen LogP contribution in [-0.2, 0) is 13.0 Å². The fourth-order valence-electron chi connectivity index (χ4n) is 4.49. The molecule has 162 valence electrons. The van der Waals surface area contributed by atoms with Gasteiger partial charge < -0.3 is 24.3 Å². The van der Waals surface area contributed by atoms with Crippen LogP contribution in [0, 0.1) is 0 Å². The number of hydrogen-bond acceptors (Lipinski definition) is 6. The highest BCUT2D eigenvalue weighted by atomic mass is 16.5. The molecule has 2 aliphatic heterocycles. The second kappa shape index (κ2) is 7.73. The van der Waals surface area contributed by atoms with E-state index >= 15 is 0 Å². The average molecular weight is 422 g/mol. The second-order valence-corrected chi connectivity index (χ2v) is 8.05. The van der Waals surface area contributed by atoms with Crippen molar-refractivity contribution in [3.8, 4) is 5.88 Å². The molecular weight excluding hydrogens is 396 g/mol. The van der Waals surface area contributed by atoms with E-state index in [-0.39, 0.29) is 17.5 Å². The van der Waals surface area contributed by atoms with Gasteiger partial charge in [-0.05, 0) is 24.6 Å². The first-order chi connectivity index (χ1) is 15.1. The van der Waals surface area contributed by atoms with Gasteiger partial charge in [-0.3, -0.25) is 14.5 Å². The highest BCUT2D eigenvalue weighted by Gasteiger charge is 2.34. The summed E-state index contributed by atoms with van der Waals surface area (Å²) in [4.78, 5) is 36.3. The number of nitrogens with zero attached hydrogens (tertiary/aromatic N) is 4. The van der Waals surface area contributed by atoms with E-state index in [0.29, 0.717) is 24.6 Å². The van der Waals surface area contributed by atoms with E-state index in [1.165, 1.54) is 0 Å². The van der Waals surface area contributed by atoms with Crippen LogP contribution in [0.5, 0.6) is 5.88 Å². The Kier molecular flexibility index (Phi) is 4.90. The molecule has 1 amide bonds. The van der Waals surface area contributed by atoms with E-state index in [2.05, 4.69) is 31.2 Å². The largest absolute Gasteiger partial charge is 0.474 e. The van der Waals surface area contributed by atoms with Gasteiger partial charge in [-0.1, -0.05) is 6.92 Å². The molecule has 9 nitrogen and oxygen atoms in total. The third-order valence-electron chi connectivity index (χ3n) is 6.18. The maximum Gasteiger partial charge on any atom is 0.269 e. The van der Waals surface area contributed by atoms with Gasteiger partial charge in [0.2, 0.25) is 5.88 Å². The number of nitrogens with one attached hydrogen (secondary N) is 2. The van der Waals surface area contributed by atoms with Gasteiger partial charge in [-0.2, -0.15) is 0 Å². The van der Waals surface area contributed by atoms with Crippen LogP contribution >= 0.6 is 0 Å². The maximum absolute atomic E-state index is 12.3. The van der Waals surface area contributed by atoms with E-state index in [9.17, 15) is 9.59 Å². The number of ether oxygens (including phenoxy) is 1. The Labute approximate surface area is 179 Å². The predicted octanol–water partition coefficient (Wildman–Crippen LogP) is 1.03. The van der Waals surface area contributed by atoms with E-state index in [1.807, 2.05) is 29.8 Å². The highest BCUT2D eigenvalue weighted by Crippen LogP contribution is 2.34. The molecular formula is C22H26N6O3. The molecule has 3 aromatic rings. The minimum Gasteiger partial charge on any atom is -0.474 e. The third-order valence-corrected chi connectivity index (χ3v) is 6.18. The Balaban J connectivity index is 1.32. The standard InChI is InChI=1S/C22H26N6O3/c1-3-14-11-27-7-6-15(19(27)25-20(14)29)10-26-8-9-28-16(12-26)13-31-22-18(28)5-4-17(24-22)21(30)23-2/h4-7,11,16H,3,8-10,12-13H2,1-2H3,(H,23,30)(H,25,29). The molecule has 1 unspecified atom stereocenters. The van der Waals surface area contributed by atoms with Crippen LogP contribution in [0.2, 0.25) is 0 Å². The number of pyridine rings is 1. The third kappa shape index (κ3) is 3.44. The van der Waals surface area contributed by atoms with Crippen LogP contribution in [-0.4, -0.2) is 64.5 Å². The Hall–Kier alpha value is -3.33. The summed E-state index contributed by atoms with van der Waals surface area (Å²) < 4.78 is 7.91. The van der Waals surface area contributed by atoms with Gasteiger partial charge in [0.15, 0.2) is 0 Å². The number of H-pyrrole nitrogens is 1. The lowest BCUT2D eigenvalue weighted by molar-refractivity contribution is 0.0956. The summed E-state index contributed by atoms with van der Waals surface area (Å²) in [7, 11) is 1.59. The molecule has 31 heavy (non-hydrogen) atoms. The first-order valence-corrected chi connectivity index (χ1v) is 10.6. The minimum absolute atomic E-state index is 0.0133. The van der Waals surface area contributed by atoms with Crippen LogP contribution in [0.15, 0.2) is 35.4 Å². The second-order valence-electron chi connectivity index (χ2n) is 8.05. The molecule has 5 rings (SSSR count). The molecule has 0 spiro atoms. The number of aromatic nitrogens is 3. The van der Waals surface area contributed by atoms with Crippen molar-refractivity contribution in [1.82, 2.24) is 24.6 Å². The molecule has 1 saturated heterocycles. The molecule has 0 radical (unpaired) electrons. The first kappa shape index (κ1) is 19.6. The molecule has 1 fully saturated rings. The SMILES string of the molecule is CCc1cn2ccc(CN3CCN4c5ccc(C(=O)NC)nc5OCC4C3)c2[nH]c1=O. The van der Waals surface area contributed by atoms with E-state index in [4.69, 9.17) is 4.74 Å². The summed E-state index contributed by atoms with van der Waals surface area (Å²) in [6.45, 7) is 5.88. The summed E-state index contributed by atoms with van der Waals surface area (Å²) in [5, 5.41) is 2.59. The average Bonchev–Trinajstić information content (AvgIpc) is 3.18. The molecule has 5 heterocycles. The van der Waals surface area contributed by atoms with E-state index < -0.39 is 0 Å². The van der Waals surface area contributed by atoms with Crippen LogP contribution in [0.1, 0.15) is 28.5 Å². The van der Waals surface area contributed by atoms with Crippen LogP contribution in [0.25, 0.3) is 5.65 Å². The van der Waals surface area contributed by atoms with Crippen molar-refractivity contribution >= 4 is 17.2 Å². The molecule has 1 atom stereocenters. The molecule has 0 bridgehead atoms. The van der Waals surface area contributed by atoms with E-state index in [1.54, 1.807) is 13.1 Å². The fourth-order valence-corrected chi connectivity index (χ4v) is 4.49.